The molecule has 1 aromatic rings. The number of amides is 1. The Morgan fingerprint density at radius 3 is 2.61 bits per heavy atom. The van der Waals surface area contributed by atoms with Crippen LogP contribution in [0.1, 0.15) is 25.3 Å². The summed E-state index contributed by atoms with van der Waals surface area (Å²) in [7, 11) is 0. The van der Waals surface area contributed by atoms with E-state index >= 15 is 0 Å². The molecule has 1 heterocycles. The first-order valence-corrected chi connectivity index (χ1v) is 6.46. The zero-order chi connectivity index (χ0) is 13.0. The molecule has 1 fully saturated rings. The third kappa shape index (κ3) is 3.13. The molecule has 2 rings (SSSR count). The maximum Gasteiger partial charge on any atom is 0.250 e. The first-order chi connectivity index (χ1) is 8.66. The minimum Gasteiger partial charge on any atom is -0.375 e. The van der Waals surface area contributed by atoms with Crippen molar-refractivity contribution >= 4 is 11.6 Å². The fourth-order valence-corrected chi connectivity index (χ4v) is 2.23. The second kappa shape index (κ2) is 5.71. The Labute approximate surface area is 108 Å². The molecule has 1 amide bonds. The molecule has 1 aliphatic heterocycles. The van der Waals surface area contributed by atoms with Crippen molar-refractivity contribution in [3.8, 4) is 0 Å². The number of anilines is 1. The highest BCUT2D eigenvalue weighted by Gasteiger charge is 2.12. The molecule has 0 atom stereocenters. The third-order valence-corrected chi connectivity index (χ3v) is 3.35. The average molecular weight is 244 g/mol. The highest BCUT2D eigenvalue weighted by atomic mass is 16.1. The molecule has 1 aliphatic rings. The van der Waals surface area contributed by atoms with Gasteiger partial charge in [-0.2, -0.15) is 0 Å². The lowest BCUT2D eigenvalue weighted by molar-refractivity contribution is -0.112. The highest BCUT2D eigenvalue weighted by molar-refractivity contribution is 6.00. The van der Waals surface area contributed by atoms with Gasteiger partial charge in [-0.25, -0.2) is 0 Å². The van der Waals surface area contributed by atoms with Crippen LogP contribution in [-0.4, -0.2) is 23.9 Å². The van der Waals surface area contributed by atoms with E-state index in [-0.39, 0.29) is 5.91 Å². The molecule has 0 spiro atoms. The van der Waals surface area contributed by atoms with Gasteiger partial charge in [0.2, 0.25) is 5.91 Å². The standard InChI is InChI=1S/C15H20N2O/c1-12-7-3-4-8-14(12)16-15(18)11-13(2)17-9-5-6-10-17/h3-4,7-8,11H,5-6,9-10H2,1-2H3,(H,16,18)/b13-11+. The van der Waals surface area contributed by atoms with Crippen LogP contribution in [0.5, 0.6) is 0 Å². The topological polar surface area (TPSA) is 32.3 Å². The average Bonchev–Trinajstić information content (AvgIpc) is 2.85. The lowest BCUT2D eigenvalue weighted by Gasteiger charge is -2.17. The lowest BCUT2D eigenvalue weighted by Crippen LogP contribution is -2.19. The molecular weight excluding hydrogens is 224 g/mol. The molecular formula is C15H20N2O. The Bertz CT molecular complexity index is 459. The Morgan fingerprint density at radius 2 is 1.94 bits per heavy atom. The summed E-state index contributed by atoms with van der Waals surface area (Å²) in [5, 5.41) is 2.92. The van der Waals surface area contributed by atoms with Crippen molar-refractivity contribution in [2.24, 2.45) is 0 Å². The molecule has 0 radical (unpaired) electrons. The molecule has 0 aliphatic carbocycles. The van der Waals surface area contributed by atoms with Gasteiger partial charge in [-0.15, -0.1) is 0 Å². The number of nitrogens with one attached hydrogen (secondary N) is 1. The zero-order valence-corrected chi connectivity index (χ0v) is 11.1. The fourth-order valence-electron chi connectivity index (χ4n) is 2.23. The van der Waals surface area contributed by atoms with E-state index in [1.54, 1.807) is 6.08 Å². The van der Waals surface area contributed by atoms with Crippen molar-refractivity contribution in [3.63, 3.8) is 0 Å². The molecule has 96 valence electrons. The molecule has 0 aromatic heterocycles. The van der Waals surface area contributed by atoms with E-state index in [4.69, 9.17) is 0 Å². The molecule has 1 N–H and O–H groups in total. The summed E-state index contributed by atoms with van der Waals surface area (Å²) in [6, 6.07) is 7.81. The van der Waals surface area contributed by atoms with Crippen LogP contribution >= 0.6 is 0 Å². The normalized spacial score (nSPS) is 15.9. The Kier molecular flexibility index (Phi) is 4.03. The van der Waals surface area contributed by atoms with Gasteiger partial charge >= 0.3 is 0 Å². The van der Waals surface area contributed by atoms with Crippen molar-refractivity contribution in [3.05, 3.63) is 41.6 Å². The summed E-state index contributed by atoms with van der Waals surface area (Å²) in [6.07, 6.45) is 4.15. The van der Waals surface area contributed by atoms with Crippen molar-refractivity contribution in [2.45, 2.75) is 26.7 Å². The van der Waals surface area contributed by atoms with Gasteiger partial charge in [0.25, 0.3) is 0 Å². The zero-order valence-electron chi connectivity index (χ0n) is 11.1. The second-order valence-electron chi connectivity index (χ2n) is 4.78. The number of likely N-dealkylation sites (tertiary alicyclic amines) is 1. The number of nitrogens with zero attached hydrogens (tertiary/aromatic N) is 1. The number of aryl methyl sites for hydroxylation is 1. The number of hydrogen-bond donors (Lipinski definition) is 1. The SMILES string of the molecule is C/C(=C\C(=O)Nc1ccccc1C)N1CCCC1. The van der Waals surface area contributed by atoms with Crippen LogP contribution in [0.4, 0.5) is 5.69 Å². The maximum absolute atomic E-state index is 11.9. The van der Waals surface area contributed by atoms with Gasteiger partial charge in [0.15, 0.2) is 0 Å². The highest BCUT2D eigenvalue weighted by Crippen LogP contribution is 2.15. The van der Waals surface area contributed by atoms with Crippen molar-refractivity contribution in [1.82, 2.24) is 4.90 Å². The van der Waals surface area contributed by atoms with Crippen LogP contribution in [-0.2, 0) is 4.79 Å². The van der Waals surface area contributed by atoms with Gasteiger partial charge in [-0.05, 0) is 38.3 Å². The molecule has 18 heavy (non-hydrogen) atoms. The van der Waals surface area contributed by atoms with E-state index in [0.717, 1.165) is 30.0 Å². The van der Waals surface area contributed by atoms with Gasteiger partial charge in [0.1, 0.15) is 0 Å². The van der Waals surface area contributed by atoms with Crippen LogP contribution < -0.4 is 5.32 Å². The van der Waals surface area contributed by atoms with Crippen LogP contribution in [0.2, 0.25) is 0 Å². The van der Waals surface area contributed by atoms with E-state index in [2.05, 4.69) is 10.2 Å². The van der Waals surface area contributed by atoms with E-state index < -0.39 is 0 Å². The smallest absolute Gasteiger partial charge is 0.250 e. The largest absolute Gasteiger partial charge is 0.375 e. The number of rotatable bonds is 3. The third-order valence-electron chi connectivity index (χ3n) is 3.35. The predicted octanol–water partition coefficient (Wildman–Crippen LogP) is 2.93. The van der Waals surface area contributed by atoms with Crippen molar-refractivity contribution in [1.29, 1.82) is 0 Å². The summed E-state index contributed by atoms with van der Waals surface area (Å²) in [4.78, 5) is 14.2. The molecule has 0 bridgehead atoms. The summed E-state index contributed by atoms with van der Waals surface area (Å²) >= 11 is 0. The molecule has 1 aromatic carbocycles. The first kappa shape index (κ1) is 12.7. The fraction of sp³-hybridized carbons (Fsp3) is 0.400. The summed E-state index contributed by atoms with van der Waals surface area (Å²) < 4.78 is 0. The minimum absolute atomic E-state index is 0.0475. The van der Waals surface area contributed by atoms with Gasteiger partial charge in [-0.3, -0.25) is 4.79 Å². The number of hydrogen-bond acceptors (Lipinski definition) is 2. The van der Waals surface area contributed by atoms with Crippen LogP contribution in [0.15, 0.2) is 36.0 Å². The first-order valence-electron chi connectivity index (χ1n) is 6.46. The summed E-state index contributed by atoms with van der Waals surface area (Å²) in [5.74, 6) is -0.0475. The van der Waals surface area contributed by atoms with Gasteiger partial charge < -0.3 is 10.2 Å². The minimum atomic E-state index is -0.0475. The van der Waals surface area contributed by atoms with Crippen LogP contribution in [0.25, 0.3) is 0 Å². The molecule has 0 unspecified atom stereocenters. The number of allylic oxidation sites excluding steroid dienone is 1. The number of carbonyl (C=O) groups excluding carboxylic acids is 1. The lowest BCUT2D eigenvalue weighted by atomic mass is 10.2. The number of benzene rings is 1. The Morgan fingerprint density at radius 1 is 1.28 bits per heavy atom. The van der Waals surface area contributed by atoms with Crippen molar-refractivity contribution in [2.75, 3.05) is 18.4 Å². The maximum atomic E-state index is 11.9. The van der Waals surface area contributed by atoms with Gasteiger partial charge in [0.05, 0.1) is 0 Å². The molecule has 3 heteroatoms. The number of carbonyl (C=O) groups is 1. The van der Waals surface area contributed by atoms with E-state index in [1.165, 1.54) is 12.8 Å². The van der Waals surface area contributed by atoms with E-state index in [0.29, 0.717) is 0 Å². The quantitative estimate of drug-likeness (QED) is 0.829. The second-order valence-corrected chi connectivity index (χ2v) is 4.78. The summed E-state index contributed by atoms with van der Waals surface area (Å²) in [5.41, 5.74) is 3.02. The van der Waals surface area contributed by atoms with Crippen LogP contribution in [0.3, 0.4) is 0 Å². The monoisotopic (exact) mass is 244 g/mol. The summed E-state index contributed by atoms with van der Waals surface area (Å²) in [6.45, 7) is 6.13. The van der Waals surface area contributed by atoms with Crippen LogP contribution in [0, 0.1) is 6.92 Å². The Hall–Kier alpha value is -1.77. The van der Waals surface area contributed by atoms with Gasteiger partial charge in [0, 0.05) is 30.5 Å². The van der Waals surface area contributed by atoms with Crippen molar-refractivity contribution < 1.29 is 4.79 Å². The molecule has 0 saturated carbocycles. The van der Waals surface area contributed by atoms with E-state index in [1.807, 2.05) is 38.1 Å². The molecule has 3 nitrogen and oxygen atoms in total. The molecule has 1 saturated heterocycles. The number of para-hydroxylation sites is 1. The Balaban J connectivity index is 2.00. The van der Waals surface area contributed by atoms with E-state index in [9.17, 15) is 4.79 Å². The predicted molar refractivity (Wildman–Crippen MR) is 74.4 cm³/mol. The van der Waals surface area contributed by atoms with Gasteiger partial charge in [-0.1, -0.05) is 18.2 Å².